The molecule has 0 spiro atoms. The lowest BCUT2D eigenvalue weighted by Crippen LogP contribution is -2.11. The minimum absolute atomic E-state index is 0.00105. The molecule has 0 aliphatic heterocycles. The van der Waals surface area contributed by atoms with Crippen LogP contribution in [0, 0.1) is 6.92 Å². The number of carbonyl (C=O) groups is 1. The summed E-state index contributed by atoms with van der Waals surface area (Å²) in [6, 6.07) is 13.6. The number of aryl methyl sites for hydroxylation is 1. The van der Waals surface area contributed by atoms with Crippen LogP contribution >= 0.6 is 23.2 Å². The van der Waals surface area contributed by atoms with Gasteiger partial charge in [0.1, 0.15) is 10.4 Å². The lowest BCUT2D eigenvalue weighted by molar-refractivity contribution is -0.116. The molecule has 0 radical (unpaired) electrons. The summed E-state index contributed by atoms with van der Waals surface area (Å²) in [6.07, 6.45) is 6.80. The molecule has 0 fully saturated rings. The van der Waals surface area contributed by atoms with Crippen molar-refractivity contribution in [3.8, 4) is 22.7 Å². The number of benzene rings is 2. The maximum Gasteiger partial charge on any atom is 0.231 e. The molecule has 172 valence electrons. The second kappa shape index (κ2) is 10.9. The Morgan fingerprint density at radius 3 is 2.82 bits per heavy atom. The number of aromatic amines is 1. The summed E-state index contributed by atoms with van der Waals surface area (Å²) in [7, 11) is 0. The van der Waals surface area contributed by atoms with Crippen LogP contribution in [0.3, 0.4) is 0 Å². The first-order chi connectivity index (χ1) is 16.0. The smallest absolute Gasteiger partial charge is 0.231 e. The van der Waals surface area contributed by atoms with Gasteiger partial charge in [-0.3, -0.25) is 9.89 Å². The first-order valence-electron chi connectivity index (χ1n) is 11.1. The van der Waals surface area contributed by atoms with Gasteiger partial charge in [0, 0.05) is 17.7 Å². The summed E-state index contributed by atoms with van der Waals surface area (Å²) in [5.74, 6) is 0.502. The monoisotopic (exact) mass is 484 g/mol. The summed E-state index contributed by atoms with van der Waals surface area (Å²) in [5, 5.41) is 10.2. The Kier molecular flexibility index (Phi) is 7.68. The second-order valence-corrected chi connectivity index (χ2v) is 9.40. The predicted octanol–water partition coefficient (Wildman–Crippen LogP) is 7.28. The van der Waals surface area contributed by atoms with E-state index < -0.39 is 0 Å². The number of nitrogens with zero attached hydrogens (tertiary/aromatic N) is 2. The quantitative estimate of drug-likeness (QED) is 0.183. The number of H-pyrrole nitrogens is 1. The Hall–Kier alpha value is -2.83. The lowest BCUT2D eigenvalue weighted by Gasteiger charge is -2.08. The van der Waals surface area contributed by atoms with Gasteiger partial charge in [0.05, 0.1) is 17.5 Å². The fourth-order valence-electron chi connectivity index (χ4n) is 3.73. The van der Waals surface area contributed by atoms with Gasteiger partial charge < -0.3 is 9.73 Å². The normalized spacial score (nSPS) is 11.4. The third-order valence-corrected chi connectivity index (χ3v) is 5.86. The minimum atomic E-state index is -0.303. The number of nitrogens with one attached hydrogen (secondary N) is 2. The number of fused-ring (bicyclic) bond motifs is 1. The molecule has 4 aromatic rings. The van der Waals surface area contributed by atoms with Crippen molar-refractivity contribution in [1.29, 1.82) is 0 Å². The average molecular weight is 485 g/mol. The summed E-state index contributed by atoms with van der Waals surface area (Å²) in [4.78, 5) is 16.7. The van der Waals surface area contributed by atoms with Crippen molar-refractivity contribution in [2.75, 3.05) is 5.32 Å². The molecule has 2 heterocycles. The van der Waals surface area contributed by atoms with E-state index in [2.05, 4.69) is 20.5 Å². The fourth-order valence-corrected chi connectivity index (χ4v) is 4.04. The Labute approximate surface area is 202 Å². The Morgan fingerprint density at radius 2 is 1.97 bits per heavy atom. The highest BCUT2D eigenvalue weighted by molar-refractivity contribution is 6.44. The van der Waals surface area contributed by atoms with Gasteiger partial charge in [0.25, 0.3) is 0 Å². The van der Waals surface area contributed by atoms with Gasteiger partial charge in [-0.1, -0.05) is 37.5 Å². The number of rotatable bonds is 10. The van der Waals surface area contributed by atoms with E-state index >= 15 is 0 Å². The molecule has 2 aromatic heterocycles. The molecule has 4 rings (SSSR count). The van der Waals surface area contributed by atoms with Gasteiger partial charge in [-0.05, 0) is 49.6 Å². The number of hydrogen-bond donors (Lipinski definition) is 2. The van der Waals surface area contributed by atoms with Crippen molar-refractivity contribution < 1.29 is 9.21 Å². The fraction of sp³-hybridized carbons (Fsp3) is 0.320. The number of oxazole rings is 1. The van der Waals surface area contributed by atoms with Crippen LogP contribution in [-0.4, -0.2) is 25.9 Å². The van der Waals surface area contributed by atoms with Crippen molar-refractivity contribution in [3.63, 3.8) is 0 Å². The summed E-state index contributed by atoms with van der Waals surface area (Å²) >= 11 is 11.5. The van der Waals surface area contributed by atoms with Crippen molar-refractivity contribution >= 4 is 45.9 Å². The molecule has 33 heavy (non-hydrogen) atoms. The van der Waals surface area contributed by atoms with E-state index in [1.165, 1.54) is 0 Å². The van der Waals surface area contributed by atoms with Crippen molar-refractivity contribution in [2.24, 2.45) is 0 Å². The molecule has 6 nitrogen and oxygen atoms in total. The third-order valence-electron chi connectivity index (χ3n) is 5.42. The molecule has 2 aromatic carbocycles. The molecule has 0 atom stereocenters. The number of hydrogen-bond acceptors (Lipinski definition) is 4. The van der Waals surface area contributed by atoms with Crippen LogP contribution in [-0.2, 0) is 4.79 Å². The standard InChI is InChI=1S/C25H26Cl2N4O2/c1-16-11-12-21-20(13-16)30-25(33-21)19-15-28-31-24(19)17-7-6-8-18(14-17)29-23(32)10-5-3-2-4-9-22(26)27/h6-8,11-15,22H,2-5,9-10H2,1H3,(H,28,31)(H,29,32). The highest BCUT2D eigenvalue weighted by Gasteiger charge is 2.16. The second-order valence-electron chi connectivity index (χ2n) is 8.12. The zero-order valence-corrected chi connectivity index (χ0v) is 19.9. The number of halogens is 2. The molecule has 1 amide bonds. The third kappa shape index (κ3) is 6.15. The van der Waals surface area contributed by atoms with E-state index in [1.54, 1.807) is 6.20 Å². The molecule has 0 aliphatic carbocycles. The van der Waals surface area contributed by atoms with Gasteiger partial charge in [-0.15, -0.1) is 23.2 Å². The van der Waals surface area contributed by atoms with Crippen LogP contribution in [0.1, 0.15) is 44.1 Å². The van der Waals surface area contributed by atoms with Crippen molar-refractivity contribution in [3.05, 3.63) is 54.2 Å². The zero-order chi connectivity index (χ0) is 23.2. The molecule has 0 aliphatic rings. The highest BCUT2D eigenvalue weighted by Crippen LogP contribution is 2.33. The Balaban J connectivity index is 1.41. The topological polar surface area (TPSA) is 83.8 Å². The number of amides is 1. The molecule has 2 N–H and O–H groups in total. The molecule has 0 saturated carbocycles. The van der Waals surface area contributed by atoms with Crippen LogP contribution in [0.5, 0.6) is 0 Å². The van der Waals surface area contributed by atoms with E-state index in [-0.39, 0.29) is 10.7 Å². The number of carbonyl (C=O) groups excluding carboxylic acids is 1. The van der Waals surface area contributed by atoms with Crippen LogP contribution in [0.2, 0.25) is 0 Å². The van der Waals surface area contributed by atoms with E-state index in [9.17, 15) is 4.79 Å². The van der Waals surface area contributed by atoms with Gasteiger partial charge in [-0.2, -0.15) is 5.10 Å². The van der Waals surface area contributed by atoms with Crippen LogP contribution in [0.25, 0.3) is 33.8 Å². The van der Waals surface area contributed by atoms with E-state index in [1.807, 2.05) is 49.4 Å². The lowest BCUT2D eigenvalue weighted by atomic mass is 10.1. The first-order valence-corrected chi connectivity index (χ1v) is 12.0. The number of aromatic nitrogens is 3. The zero-order valence-electron chi connectivity index (χ0n) is 18.4. The summed E-state index contributed by atoms with van der Waals surface area (Å²) < 4.78 is 5.95. The predicted molar refractivity (Wildman–Crippen MR) is 134 cm³/mol. The average Bonchev–Trinajstić information content (AvgIpc) is 3.42. The summed E-state index contributed by atoms with van der Waals surface area (Å²) in [5.41, 5.74) is 5.83. The molecule has 0 unspecified atom stereocenters. The van der Waals surface area contributed by atoms with Gasteiger partial charge in [0.2, 0.25) is 11.8 Å². The molecule has 8 heteroatoms. The van der Waals surface area contributed by atoms with Crippen LogP contribution in [0.4, 0.5) is 5.69 Å². The van der Waals surface area contributed by atoms with Crippen molar-refractivity contribution in [2.45, 2.75) is 50.3 Å². The van der Waals surface area contributed by atoms with Crippen LogP contribution in [0.15, 0.2) is 53.1 Å². The first kappa shape index (κ1) is 23.3. The maximum absolute atomic E-state index is 12.4. The number of alkyl halides is 2. The number of unbranched alkanes of at least 4 members (excludes halogenated alkanes) is 3. The van der Waals surface area contributed by atoms with E-state index in [0.717, 1.165) is 71.3 Å². The van der Waals surface area contributed by atoms with E-state index in [0.29, 0.717) is 12.3 Å². The highest BCUT2D eigenvalue weighted by atomic mass is 35.5. The van der Waals surface area contributed by atoms with Crippen molar-refractivity contribution in [1.82, 2.24) is 15.2 Å². The van der Waals surface area contributed by atoms with E-state index in [4.69, 9.17) is 27.6 Å². The molecule has 0 bridgehead atoms. The van der Waals surface area contributed by atoms with Gasteiger partial charge in [-0.25, -0.2) is 4.98 Å². The molecular weight excluding hydrogens is 459 g/mol. The molecular formula is C25H26Cl2N4O2. The molecule has 0 saturated heterocycles. The van der Waals surface area contributed by atoms with Crippen LogP contribution < -0.4 is 5.32 Å². The SMILES string of the molecule is Cc1ccc2oc(-c3cn[nH]c3-c3cccc(NC(=O)CCCCCCC(Cl)Cl)c3)nc2c1. The number of anilines is 1. The minimum Gasteiger partial charge on any atom is -0.436 e. The maximum atomic E-state index is 12.4. The Morgan fingerprint density at radius 1 is 1.12 bits per heavy atom. The Bertz CT molecular complexity index is 1230. The van der Waals surface area contributed by atoms with Gasteiger partial charge in [0.15, 0.2) is 5.58 Å². The summed E-state index contributed by atoms with van der Waals surface area (Å²) in [6.45, 7) is 2.02. The van der Waals surface area contributed by atoms with Gasteiger partial charge >= 0.3 is 0 Å². The largest absolute Gasteiger partial charge is 0.436 e.